The number of nitrogens with one attached hydrogen (secondary N) is 1. The van der Waals surface area contributed by atoms with Crippen molar-refractivity contribution in [3.8, 4) is 0 Å². The van der Waals surface area contributed by atoms with Gasteiger partial charge in [-0.3, -0.25) is 4.79 Å². The van der Waals surface area contributed by atoms with Crippen LogP contribution in [0.1, 0.15) is 33.1 Å². The predicted molar refractivity (Wildman–Crippen MR) is 53.5 cm³/mol. The number of amides is 1. The largest absolute Gasteiger partial charge is 0.338 e. The minimum atomic E-state index is 0.215. The van der Waals surface area contributed by atoms with E-state index in [1.54, 1.807) is 6.92 Å². The average Bonchev–Trinajstić information content (AvgIpc) is 2.16. The first-order chi connectivity index (χ1) is 6.16. The first-order valence-corrected chi connectivity index (χ1v) is 5.11. The maximum absolute atomic E-state index is 11.3. The summed E-state index contributed by atoms with van der Waals surface area (Å²) in [4.78, 5) is 13.3. The van der Waals surface area contributed by atoms with Crippen LogP contribution in [0.5, 0.6) is 0 Å². The lowest BCUT2D eigenvalue weighted by Crippen LogP contribution is -2.51. The molecule has 1 fully saturated rings. The predicted octanol–water partition coefficient (Wildman–Crippen LogP) is 0.995. The minimum Gasteiger partial charge on any atom is -0.338 e. The molecule has 1 amide bonds. The Morgan fingerprint density at radius 2 is 2.23 bits per heavy atom. The normalized spacial score (nSPS) is 25.8. The molecule has 0 bridgehead atoms. The van der Waals surface area contributed by atoms with E-state index in [0.717, 1.165) is 19.4 Å². The van der Waals surface area contributed by atoms with E-state index in [-0.39, 0.29) is 5.91 Å². The highest BCUT2D eigenvalue weighted by Crippen LogP contribution is 2.19. The van der Waals surface area contributed by atoms with E-state index < -0.39 is 0 Å². The lowest BCUT2D eigenvalue weighted by Gasteiger charge is -2.38. The highest BCUT2D eigenvalue weighted by atomic mass is 16.2. The van der Waals surface area contributed by atoms with Crippen LogP contribution in [-0.4, -0.2) is 36.5 Å². The van der Waals surface area contributed by atoms with Crippen molar-refractivity contribution in [1.29, 1.82) is 0 Å². The molecule has 13 heavy (non-hydrogen) atoms. The van der Waals surface area contributed by atoms with Crippen LogP contribution in [0, 0.1) is 0 Å². The molecule has 0 aliphatic carbocycles. The van der Waals surface area contributed by atoms with Gasteiger partial charge in [0.05, 0.1) is 0 Å². The molecule has 1 rings (SSSR count). The van der Waals surface area contributed by atoms with Gasteiger partial charge in [-0.15, -0.1) is 0 Å². The topological polar surface area (TPSA) is 32.3 Å². The number of piperidine rings is 1. The highest BCUT2D eigenvalue weighted by Gasteiger charge is 2.27. The summed E-state index contributed by atoms with van der Waals surface area (Å²) >= 11 is 0. The SMILES string of the molecule is CNC(C)C1CCCCN1C(C)=O. The van der Waals surface area contributed by atoms with Gasteiger partial charge in [0, 0.05) is 25.6 Å². The summed E-state index contributed by atoms with van der Waals surface area (Å²) in [5, 5.41) is 3.23. The molecular weight excluding hydrogens is 164 g/mol. The van der Waals surface area contributed by atoms with Crippen LogP contribution < -0.4 is 5.32 Å². The summed E-state index contributed by atoms with van der Waals surface area (Å²) in [6.07, 6.45) is 3.55. The molecule has 0 aromatic carbocycles. The summed E-state index contributed by atoms with van der Waals surface area (Å²) in [5.74, 6) is 0.215. The molecular formula is C10H20N2O. The number of carbonyl (C=O) groups excluding carboxylic acids is 1. The zero-order valence-electron chi connectivity index (χ0n) is 8.84. The van der Waals surface area contributed by atoms with Gasteiger partial charge < -0.3 is 10.2 Å². The van der Waals surface area contributed by atoms with Crippen molar-refractivity contribution in [1.82, 2.24) is 10.2 Å². The summed E-state index contributed by atoms with van der Waals surface area (Å²) in [7, 11) is 1.96. The Hall–Kier alpha value is -0.570. The van der Waals surface area contributed by atoms with Gasteiger partial charge >= 0.3 is 0 Å². The molecule has 1 aliphatic heterocycles. The molecule has 2 atom stereocenters. The van der Waals surface area contributed by atoms with Crippen LogP contribution in [0.3, 0.4) is 0 Å². The van der Waals surface area contributed by atoms with Crippen molar-refractivity contribution in [2.24, 2.45) is 0 Å². The van der Waals surface area contributed by atoms with Crippen LogP contribution in [0.25, 0.3) is 0 Å². The monoisotopic (exact) mass is 184 g/mol. The molecule has 0 aromatic heterocycles. The second-order valence-corrected chi connectivity index (χ2v) is 3.85. The molecule has 0 aromatic rings. The lowest BCUT2D eigenvalue weighted by molar-refractivity contribution is -0.133. The van der Waals surface area contributed by atoms with Gasteiger partial charge in [-0.05, 0) is 33.2 Å². The van der Waals surface area contributed by atoms with Crippen molar-refractivity contribution in [2.75, 3.05) is 13.6 Å². The molecule has 3 nitrogen and oxygen atoms in total. The molecule has 0 saturated carbocycles. The molecule has 3 heteroatoms. The van der Waals surface area contributed by atoms with E-state index >= 15 is 0 Å². The molecule has 1 saturated heterocycles. The van der Waals surface area contributed by atoms with Gasteiger partial charge in [0.1, 0.15) is 0 Å². The number of likely N-dealkylation sites (tertiary alicyclic amines) is 1. The van der Waals surface area contributed by atoms with Crippen LogP contribution in [0.4, 0.5) is 0 Å². The first kappa shape index (κ1) is 10.5. The Kier molecular flexibility index (Phi) is 3.72. The zero-order valence-corrected chi connectivity index (χ0v) is 8.84. The molecule has 2 unspecified atom stereocenters. The molecule has 0 radical (unpaired) electrons. The second-order valence-electron chi connectivity index (χ2n) is 3.85. The number of hydrogen-bond donors (Lipinski definition) is 1. The molecule has 0 spiro atoms. The summed E-state index contributed by atoms with van der Waals surface area (Å²) < 4.78 is 0. The fraction of sp³-hybridized carbons (Fsp3) is 0.900. The van der Waals surface area contributed by atoms with E-state index in [9.17, 15) is 4.79 Å². The first-order valence-electron chi connectivity index (χ1n) is 5.11. The van der Waals surface area contributed by atoms with Crippen molar-refractivity contribution < 1.29 is 4.79 Å². The Labute approximate surface area is 80.5 Å². The minimum absolute atomic E-state index is 0.215. The van der Waals surface area contributed by atoms with Crippen LogP contribution in [0.2, 0.25) is 0 Å². The van der Waals surface area contributed by atoms with E-state index in [1.165, 1.54) is 6.42 Å². The Balaban J connectivity index is 2.61. The summed E-state index contributed by atoms with van der Waals surface area (Å²) in [6, 6.07) is 0.806. The number of rotatable bonds is 2. The molecule has 76 valence electrons. The van der Waals surface area contributed by atoms with E-state index in [4.69, 9.17) is 0 Å². The highest BCUT2D eigenvalue weighted by molar-refractivity contribution is 5.73. The van der Waals surface area contributed by atoms with E-state index in [2.05, 4.69) is 12.2 Å². The van der Waals surface area contributed by atoms with E-state index in [0.29, 0.717) is 12.1 Å². The third kappa shape index (κ3) is 2.44. The van der Waals surface area contributed by atoms with Gasteiger partial charge in [0.2, 0.25) is 5.91 Å². The fourth-order valence-corrected chi connectivity index (χ4v) is 2.06. The van der Waals surface area contributed by atoms with Crippen molar-refractivity contribution >= 4 is 5.91 Å². The van der Waals surface area contributed by atoms with Crippen LogP contribution in [0.15, 0.2) is 0 Å². The Morgan fingerprint density at radius 3 is 2.77 bits per heavy atom. The fourth-order valence-electron chi connectivity index (χ4n) is 2.06. The Bertz CT molecular complexity index is 182. The summed E-state index contributed by atoms with van der Waals surface area (Å²) in [6.45, 7) is 4.75. The molecule has 1 aliphatic rings. The summed E-state index contributed by atoms with van der Waals surface area (Å²) in [5.41, 5.74) is 0. The van der Waals surface area contributed by atoms with Crippen molar-refractivity contribution in [2.45, 2.75) is 45.2 Å². The number of likely N-dealkylation sites (N-methyl/N-ethyl adjacent to an activating group) is 1. The van der Waals surface area contributed by atoms with Crippen LogP contribution >= 0.6 is 0 Å². The zero-order chi connectivity index (χ0) is 9.84. The maximum Gasteiger partial charge on any atom is 0.219 e. The van der Waals surface area contributed by atoms with Crippen LogP contribution in [-0.2, 0) is 4.79 Å². The van der Waals surface area contributed by atoms with Gasteiger partial charge in [0.25, 0.3) is 0 Å². The lowest BCUT2D eigenvalue weighted by atomic mass is 9.96. The van der Waals surface area contributed by atoms with Crippen molar-refractivity contribution in [3.63, 3.8) is 0 Å². The third-order valence-electron chi connectivity index (χ3n) is 2.99. The van der Waals surface area contributed by atoms with E-state index in [1.807, 2.05) is 11.9 Å². The average molecular weight is 184 g/mol. The number of nitrogens with zero attached hydrogens (tertiary/aromatic N) is 1. The Morgan fingerprint density at radius 1 is 1.54 bits per heavy atom. The standard InChI is InChI=1S/C10H20N2O/c1-8(11-3)10-6-4-5-7-12(10)9(2)13/h8,10-11H,4-7H2,1-3H3. The number of hydrogen-bond acceptors (Lipinski definition) is 2. The van der Waals surface area contributed by atoms with Gasteiger partial charge in [-0.2, -0.15) is 0 Å². The number of carbonyl (C=O) groups is 1. The van der Waals surface area contributed by atoms with Crippen molar-refractivity contribution in [3.05, 3.63) is 0 Å². The maximum atomic E-state index is 11.3. The van der Waals surface area contributed by atoms with Gasteiger partial charge in [-0.1, -0.05) is 0 Å². The second kappa shape index (κ2) is 4.61. The molecule has 1 heterocycles. The quantitative estimate of drug-likeness (QED) is 0.694. The van der Waals surface area contributed by atoms with Gasteiger partial charge in [0.15, 0.2) is 0 Å². The smallest absolute Gasteiger partial charge is 0.219 e. The van der Waals surface area contributed by atoms with Gasteiger partial charge in [-0.25, -0.2) is 0 Å². The third-order valence-corrected chi connectivity index (χ3v) is 2.99. The molecule has 1 N–H and O–H groups in total.